The van der Waals surface area contributed by atoms with Crippen LogP contribution in [0, 0.1) is 0 Å². The molecule has 0 radical (unpaired) electrons. The average Bonchev–Trinajstić information content (AvgIpc) is 2.56. The lowest BCUT2D eigenvalue weighted by Gasteiger charge is -2.20. The van der Waals surface area contributed by atoms with Gasteiger partial charge in [0, 0.05) is 5.54 Å². The monoisotopic (exact) mass is 358 g/mol. The van der Waals surface area contributed by atoms with Gasteiger partial charge in [0.25, 0.3) is 5.91 Å². The Hall–Kier alpha value is -3.09. The van der Waals surface area contributed by atoms with Crippen LogP contribution in [-0.2, 0) is 9.53 Å². The maximum Gasteiger partial charge on any atom is 0.342 e. The highest BCUT2D eigenvalue weighted by molar-refractivity contribution is 6.00. The van der Waals surface area contributed by atoms with Crippen molar-refractivity contribution < 1.29 is 23.9 Å². The van der Waals surface area contributed by atoms with Crippen molar-refractivity contribution in [3.63, 3.8) is 0 Å². The zero-order valence-corrected chi connectivity index (χ0v) is 15.2. The lowest BCUT2D eigenvalue weighted by molar-refractivity contribution is -0.123. The highest BCUT2D eigenvalue weighted by Crippen LogP contribution is 2.26. The summed E-state index contributed by atoms with van der Waals surface area (Å²) in [4.78, 5) is 35.7. The second-order valence-corrected chi connectivity index (χ2v) is 6.73. The first-order valence-electron chi connectivity index (χ1n) is 8.05. The first-order valence-corrected chi connectivity index (χ1v) is 8.05. The molecule has 0 aliphatic rings. The Labute approximate surface area is 151 Å². The molecule has 2 aromatic carbocycles. The van der Waals surface area contributed by atoms with Crippen LogP contribution in [0.1, 0.15) is 31.1 Å². The number of methoxy groups -OCH3 is 1. The van der Waals surface area contributed by atoms with E-state index in [2.05, 4.69) is 10.6 Å². The van der Waals surface area contributed by atoms with E-state index in [0.717, 1.165) is 10.8 Å². The van der Waals surface area contributed by atoms with E-state index in [1.165, 1.54) is 7.11 Å². The number of hydrogen-bond acceptors (Lipinski definition) is 5. The first-order chi connectivity index (χ1) is 12.2. The Morgan fingerprint density at radius 3 is 2.23 bits per heavy atom. The van der Waals surface area contributed by atoms with Crippen molar-refractivity contribution in [2.75, 3.05) is 13.7 Å². The van der Waals surface area contributed by atoms with Crippen molar-refractivity contribution >= 4 is 28.7 Å². The Bertz CT molecular complexity index is 839. The van der Waals surface area contributed by atoms with E-state index in [4.69, 9.17) is 9.47 Å². The first kappa shape index (κ1) is 19.2. The molecule has 2 N–H and O–H groups in total. The van der Waals surface area contributed by atoms with Crippen molar-refractivity contribution in [3.8, 4) is 5.75 Å². The van der Waals surface area contributed by atoms with Crippen molar-refractivity contribution in [1.29, 1.82) is 0 Å². The molecule has 2 rings (SSSR count). The van der Waals surface area contributed by atoms with Gasteiger partial charge in [-0.1, -0.05) is 24.3 Å². The van der Waals surface area contributed by atoms with Crippen LogP contribution in [0.25, 0.3) is 10.8 Å². The number of amides is 3. The summed E-state index contributed by atoms with van der Waals surface area (Å²) in [6, 6.07) is 10.2. The maximum absolute atomic E-state index is 12.3. The molecule has 0 fully saturated rings. The molecular formula is C19H22N2O5. The summed E-state index contributed by atoms with van der Waals surface area (Å²) in [5.74, 6) is -1.08. The fourth-order valence-corrected chi connectivity index (χ4v) is 2.29. The van der Waals surface area contributed by atoms with E-state index in [9.17, 15) is 14.4 Å². The predicted octanol–water partition coefficient (Wildman–Crippen LogP) is 2.63. The smallest absolute Gasteiger partial charge is 0.342 e. The topological polar surface area (TPSA) is 93.7 Å². The lowest BCUT2D eigenvalue weighted by atomic mass is 10.1. The summed E-state index contributed by atoms with van der Waals surface area (Å²) >= 11 is 0. The Kier molecular flexibility index (Phi) is 5.82. The number of carbonyl (C=O) groups is 3. The van der Waals surface area contributed by atoms with Crippen LogP contribution in [0.3, 0.4) is 0 Å². The molecule has 0 bridgehead atoms. The Morgan fingerprint density at radius 1 is 1.04 bits per heavy atom. The summed E-state index contributed by atoms with van der Waals surface area (Å²) in [7, 11) is 1.45. The molecule has 0 aliphatic carbocycles. The van der Waals surface area contributed by atoms with Gasteiger partial charge in [0.2, 0.25) is 0 Å². The standard InChI is InChI=1S/C19H22N2O5/c1-19(2,3)21-18(24)20-16(22)11-26-17(23)14-9-12-7-5-6-8-13(12)10-15(14)25-4/h5-10H,11H2,1-4H3,(H2,20,21,22,24). The van der Waals surface area contributed by atoms with Gasteiger partial charge in [0.15, 0.2) is 6.61 Å². The largest absolute Gasteiger partial charge is 0.496 e. The summed E-state index contributed by atoms with van der Waals surface area (Å²) in [6.45, 7) is 4.77. The van der Waals surface area contributed by atoms with Gasteiger partial charge in [-0.05, 0) is 43.7 Å². The molecule has 26 heavy (non-hydrogen) atoms. The van der Waals surface area contributed by atoms with E-state index < -0.39 is 30.1 Å². The molecule has 0 saturated heterocycles. The normalized spacial score (nSPS) is 10.9. The van der Waals surface area contributed by atoms with Gasteiger partial charge >= 0.3 is 12.0 Å². The zero-order valence-electron chi connectivity index (χ0n) is 15.2. The number of carbonyl (C=O) groups excluding carboxylic acids is 3. The minimum absolute atomic E-state index is 0.207. The SMILES string of the molecule is COc1cc2ccccc2cc1C(=O)OCC(=O)NC(=O)NC(C)(C)C. The quantitative estimate of drug-likeness (QED) is 0.820. The van der Waals surface area contributed by atoms with Crippen LogP contribution < -0.4 is 15.4 Å². The number of urea groups is 1. The number of imide groups is 1. The van der Waals surface area contributed by atoms with Gasteiger partial charge < -0.3 is 14.8 Å². The summed E-state index contributed by atoms with van der Waals surface area (Å²) in [5.41, 5.74) is -0.280. The van der Waals surface area contributed by atoms with E-state index >= 15 is 0 Å². The van der Waals surface area contributed by atoms with E-state index in [-0.39, 0.29) is 5.56 Å². The van der Waals surface area contributed by atoms with E-state index in [1.54, 1.807) is 32.9 Å². The maximum atomic E-state index is 12.3. The molecule has 0 atom stereocenters. The molecule has 0 unspecified atom stereocenters. The second-order valence-electron chi connectivity index (χ2n) is 6.73. The number of hydrogen-bond donors (Lipinski definition) is 2. The number of rotatable bonds is 4. The molecule has 7 heteroatoms. The Balaban J connectivity index is 2.02. The Morgan fingerprint density at radius 2 is 1.65 bits per heavy atom. The number of benzene rings is 2. The molecule has 7 nitrogen and oxygen atoms in total. The molecule has 138 valence electrons. The number of nitrogens with one attached hydrogen (secondary N) is 2. The highest BCUT2D eigenvalue weighted by Gasteiger charge is 2.19. The minimum atomic E-state index is -0.722. The third-order valence-electron chi connectivity index (χ3n) is 3.36. The number of ether oxygens (including phenoxy) is 2. The van der Waals surface area contributed by atoms with Gasteiger partial charge in [0.05, 0.1) is 7.11 Å². The summed E-state index contributed by atoms with van der Waals surface area (Å²) in [5, 5.41) is 6.44. The summed E-state index contributed by atoms with van der Waals surface area (Å²) < 4.78 is 10.2. The van der Waals surface area contributed by atoms with Crippen molar-refractivity contribution in [2.45, 2.75) is 26.3 Å². The van der Waals surface area contributed by atoms with Gasteiger partial charge in [-0.2, -0.15) is 0 Å². The third kappa shape index (κ3) is 5.20. The highest BCUT2D eigenvalue weighted by atomic mass is 16.5. The van der Waals surface area contributed by atoms with Gasteiger partial charge in [0.1, 0.15) is 11.3 Å². The molecule has 0 saturated carbocycles. The van der Waals surface area contributed by atoms with Gasteiger partial charge in [-0.3, -0.25) is 10.1 Å². The minimum Gasteiger partial charge on any atom is -0.496 e. The van der Waals surface area contributed by atoms with Crippen LogP contribution in [-0.4, -0.2) is 37.2 Å². The lowest BCUT2D eigenvalue weighted by Crippen LogP contribution is -2.49. The number of fused-ring (bicyclic) bond motifs is 1. The van der Waals surface area contributed by atoms with E-state index in [0.29, 0.717) is 5.75 Å². The van der Waals surface area contributed by atoms with Gasteiger partial charge in [-0.15, -0.1) is 0 Å². The molecule has 2 aromatic rings. The fraction of sp³-hybridized carbons (Fsp3) is 0.316. The van der Waals surface area contributed by atoms with Crippen LogP contribution in [0.4, 0.5) is 4.79 Å². The molecule has 0 heterocycles. The molecular weight excluding hydrogens is 336 g/mol. The van der Waals surface area contributed by atoms with Gasteiger partial charge in [-0.25, -0.2) is 9.59 Å². The van der Waals surface area contributed by atoms with Crippen LogP contribution in [0.5, 0.6) is 5.75 Å². The fourth-order valence-electron chi connectivity index (χ4n) is 2.29. The van der Waals surface area contributed by atoms with Crippen molar-refractivity contribution in [1.82, 2.24) is 10.6 Å². The number of esters is 1. The second kappa shape index (κ2) is 7.86. The van der Waals surface area contributed by atoms with E-state index in [1.807, 2.05) is 24.3 Å². The molecule has 0 aliphatic heterocycles. The zero-order chi connectivity index (χ0) is 19.3. The molecule has 3 amide bonds. The average molecular weight is 358 g/mol. The third-order valence-corrected chi connectivity index (χ3v) is 3.36. The van der Waals surface area contributed by atoms with Crippen LogP contribution in [0.2, 0.25) is 0 Å². The summed E-state index contributed by atoms with van der Waals surface area (Å²) in [6.07, 6.45) is 0. The molecule has 0 aromatic heterocycles. The van der Waals surface area contributed by atoms with Crippen LogP contribution in [0.15, 0.2) is 36.4 Å². The predicted molar refractivity (Wildman–Crippen MR) is 97.2 cm³/mol. The molecule has 0 spiro atoms. The van der Waals surface area contributed by atoms with Crippen LogP contribution >= 0.6 is 0 Å². The van der Waals surface area contributed by atoms with Crippen molar-refractivity contribution in [3.05, 3.63) is 42.0 Å². The van der Waals surface area contributed by atoms with Crippen molar-refractivity contribution in [2.24, 2.45) is 0 Å².